The normalized spacial score (nSPS) is 22.7. The van der Waals surface area contributed by atoms with Gasteiger partial charge in [0, 0.05) is 6.04 Å². The lowest BCUT2D eigenvalue weighted by atomic mass is 9.82. The fourth-order valence-corrected chi connectivity index (χ4v) is 1.98. The first-order valence-corrected chi connectivity index (χ1v) is 5.34. The Morgan fingerprint density at radius 3 is 2.65 bits per heavy atom. The number of aromatic nitrogens is 2. The largest absolute Gasteiger partial charge is 0.361 e. The summed E-state index contributed by atoms with van der Waals surface area (Å²) in [6.07, 6.45) is 3.23. The molecule has 17 heavy (non-hydrogen) atoms. The molecule has 0 unspecified atom stereocenters. The number of nitro groups is 1. The Morgan fingerprint density at radius 1 is 1.47 bits per heavy atom. The Kier molecular flexibility index (Phi) is 3.05. The van der Waals surface area contributed by atoms with Crippen molar-refractivity contribution in [3.63, 3.8) is 0 Å². The van der Waals surface area contributed by atoms with E-state index >= 15 is 0 Å². The van der Waals surface area contributed by atoms with Gasteiger partial charge in [-0.2, -0.15) is 0 Å². The second kappa shape index (κ2) is 4.50. The van der Waals surface area contributed by atoms with Gasteiger partial charge in [0.1, 0.15) is 6.33 Å². The Labute approximate surface area is 97.8 Å². The van der Waals surface area contributed by atoms with Gasteiger partial charge in [-0.25, -0.2) is 15.8 Å². The van der Waals surface area contributed by atoms with Crippen molar-refractivity contribution in [2.45, 2.75) is 25.8 Å². The van der Waals surface area contributed by atoms with Crippen LogP contribution in [0.4, 0.5) is 17.3 Å². The summed E-state index contributed by atoms with van der Waals surface area (Å²) >= 11 is 0. The molecule has 0 atom stereocenters. The average Bonchev–Trinajstić information content (AvgIpc) is 2.26. The van der Waals surface area contributed by atoms with Crippen molar-refractivity contribution in [2.75, 3.05) is 10.7 Å². The number of nitrogens with zero attached hydrogens (tertiary/aromatic N) is 3. The standard InChI is InChI=1S/C9H14N6O2/c1-5-2-6(3-5)13-8-7(15(16)17)9(14-10)12-4-11-8/h4-6H,2-3,10H2,1H3,(H2,11,12,13,14). The topological polar surface area (TPSA) is 119 Å². The van der Waals surface area contributed by atoms with Crippen LogP contribution in [0.15, 0.2) is 6.33 Å². The van der Waals surface area contributed by atoms with Crippen LogP contribution < -0.4 is 16.6 Å². The lowest BCUT2D eigenvalue weighted by molar-refractivity contribution is -0.383. The maximum Gasteiger partial charge on any atom is 0.354 e. The summed E-state index contributed by atoms with van der Waals surface area (Å²) in [7, 11) is 0. The van der Waals surface area contributed by atoms with Crippen molar-refractivity contribution < 1.29 is 4.92 Å². The molecule has 8 nitrogen and oxygen atoms in total. The van der Waals surface area contributed by atoms with Crippen molar-refractivity contribution in [1.82, 2.24) is 9.97 Å². The van der Waals surface area contributed by atoms with E-state index in [-0.39, 0.29) is 23.4 Å². The van der Waals surface area contributed by atoms with Crippen molar-refractivity contribution in [2.24, 2.45) is 11.8 Å². The van der Waals surface area contributed by atoms with Crippen LogP contribution >= 0.6 is 0 Å². The molecule has 0 aliphatic heterocycles. The fraction of sp³-hybridized carbons (Fsp3) is 0.556. The number of nitrogen functional groups attached to an aromatic ring is 1. The zero-order valence-electron chi connectivity index (χ0n) is 9.38. The molecule has 0 amide bonds. The quantitative estimate of drug-likeness (QED) is 0.404. The Morgan fingerprint density at radius 2 is 2.12 bits per heavy atom. The first-order valence-electron chi connectivity index (χ1n) is 5.34. The zero-order valence-corrected chi connectivity index (χ0v) is 9.38. The minimum Gasteiger partial charge on any atom is -0.361 e. The Balaban J connectivity index is 2.23. The zero-order chi connectivity index (χ0) is 12.4. The first-order chi connectivity index (χ1) is 8.11. The van der Waals surface area contributed by atoms with Gasteiger partial charge in [0.25, 0.3) is 0 Å². The van der Waals surface area contributed by atoms with E-state index in [4.69, 9.17) is 5.84 Å². The third-order valence-corrected chi connectivity index (χ3v) is 2.86. The van der Waals surface area contributed by atoms with Gasteiger partial charge in [0.2, 0.25) is 11.6 Å². The highest BCUT2D eigenvalue weighted by molar-refractivity contribution is 5.69. The molecule has 1 aromatic rings. The highest BCUT2D eigenvalue weighted by atomic mass is 16.6. The van der Waals surface area contributed by atoms with Crippen LogP contribution in [0.2, 0.25) is 0 Å². The Hall–Kier alpha value is -1.96. The molecule has 0 aromatic carbocycles. The van der Waals surface area contributed by atoms with Gasteiger partial charge in [0.15, 0.2) is 0 Å². The number of hydrogen-bond donors (Lipinski definition) is 3. The highest BCUT2D eigenvalue weighted by Crippen LogP contribution is 2.33. The van der Waals surface area contributed by atoms with Gasteiger partial charge in [-0.3, -0.25) is 10.1 Å². The number of rotatable bonds is 4. The molecule has 1 heterocycles. The van der Waals surface area contributed by atoms with Crippen molar-refractivity contribution in [3.05, 3.63) is 16.4 Å². The van der Waals surface area contributed by atoms with Crippen LogP contribution in [-0.2, 0) is 0 Å². The second-order valence-corrected chi connectivity index (χ2v) is 4.24. The molecule has 0 spiro atoms. The molecule has 1 fully saturated rings. The third-order valence-electron chi connectivity index (χ3n) is 2.86. The first kappa shape index (κ1) is 11.5. The lowest BCUT2D eigenvalue weighted by Gasteiger charge is -2.33. The molecule has 92 valence electrons. The predicted octanol–water partition coefficient (Wildman–Crippen LogP) is 0.881. The van der Waals surface area contributed by atoms with E-state index in [0.29, 0.717) is 5.92 Å². The van der Waals surface area contributed by atoms with E-state index in [1.165, 1.54) is 6.33 Å². The minimum absolute atomic E-state index is 0.0138. The SMILES string of the molecule is CC1CC(Nc2ncnc(NN)c2[N+](=O)[O-])C1. The van der Waals surface area contributed by atoms with Crippen LogP contribution in [-0.4, -0.2) is 20.9 Å². The molecule has 1 aliphatic carbocycles. The molecular formula is C9H14N6O2. The summed E-state index contributed by atoms with van der Waals surface area (Å²) in [5.74, 6) is 6.07. The van der Waals surface area contributed by atoms with Crippen LogP contribution in [0.5, 0.6) is 0 Å². The molecule has 8 heteroatoms. The predicted molar refractivity (Wildman–Crippen MR) is 62.3 cm³/mol. The number of hydrogen-bond acceptors (Lipinski definition) is 7. The van der Waals surface area contributed by atoms with E-state index in [0.717, 1.165) is 12.8 Å². The summed E-state index contributed by atoms with van der Waals surface area (Å²) in [6.45, 7) is 2.14. The van der Waals surface area contributed by atoms with Gasteiger partial charge >= 0.3 is 5.69 Å². The minimum atomic E-state index is -0.542. The number of nitrogens with one attached hydrogen (secondary N) is 2. The average molecular weight is 238 g/mol. The van der Waals surface area contributed by atoms with Gasteiger partial charge in [-0.05, 0) is 18.8 Å². The van der Waals surface area contributed by atoms with Gasteiger partial charge in [-0.1, -0.05) is 6.92 Å². The molecule has 2 rings (SSSR count). The third kappa shape index (κ3) is 2.26. The lowest BCUT2D eigenvalue weighted by Crippen LogP contribution is -2.34. The van der Waals surface area contributed by atoms with Crippen LogP contribution in [0, 0.1) is 16.0 Å². The molecule has 1 aromatic heterocycles. The van der Waals surface area contributed by atoms with Crippen molar-refractivity contribution in [1.29, 1.82) is 0 Å². The van der Waals surface area contributed by atoms with E-state index < -0.39 is 4.92 Å². The van der Waals surface area contributed by atoms with Gasteiger partial charge in [-0.15, -0.1) is 0 Å². The molecule has 0 bridgehead atoms. The summed E-state index contributed by atoms with van der Waals surface area (Å²) in [6, 6.07) is 0.240. The number of anilines is 2. The molecule has 1 aliphatic rings. The number of hydrazine groups is 1. The smallest absolute Gasteiger partial charge is 0.354 e. The summed E-state index contributed by atoms with van der Waals surface area (Å²) in [5.41, 5.74) is 1.99. The van der Waals surface area contributed by atoms with E-state index in [2.05, 4.69) is 27.6 Å². The Bertz CT molecular complexity index is 431. The van der Waals surface area contributed by atoms with Crippen LogP contribution in [0.25, 0.3) is 0 Å². The maximum absolute atomic E-state index is 10.9. The van der Waals surface area contributed by atoms with Gasteiger partial charge in [0.05, 0.1) is 4.92 Å². The fourth-order valence-electron chi connectivity index (χ4n) is 1.98. The molecule has 4 N–H and O–H groups in total. The summed E-state index contributed by atoms with van der Waals surface area (Å²) in [5, 5.41) is 14.0. The van der Waals surface area contributed by atoms with Crippen LogP contribution in [0.3, 0.4) is 0 Å². The molecular weight excluding hydrogens is 224 g/mol. The maximum atomic E-state index is 10.9. The van der Waals surface area contributed by atoms with Gasteiger partial charge < -0.3 is 10.7 Å². The highest BCUT2D eigenvalue weighted by Gasteiger charge is 2.29. The van der Waals surface area contributed by atoms with Crippen molar-refractivity contribution in [3.8, 4) is 0 Å². The molecule has 0 saturated heterocycles. The van der Waals surface area contributed by atoms with E-state index in [9.17, 15) is 10.1 Å². The second-order valence-electron chi connectivity index (χ2n) is 4.24. The number of nitrogens with two attached hydrogens (primary N) is 1. The van der Waals surface area contributed by atoms with E-state index in [1.54, 1.807) is 0 Å². The monoisotopic (exact) mass is 238 g/mol. The van der Waals surface area contributed by atoms with E-state index in [1.807, 2.05) is 0 Å². The summed E-state index contributed by atoms with van der Waals surface area (Å²) in [4.78, 5) is 18.0. The summed E-state index contributed by atoms with van der Waals surface area (Å²) < 4.78 is 0. The molecule has 1 saturated carbocycles. The van der Waals surface area contributed by atoms with Crippen molar-refractivity contribution >= 4 is 17.3 Å². The van der Waals surface area contributed by atoms with Crippen LogP contribution in [0.1, 0.15) is 19.8 Å². The molecule has 0 radical (unpaired) electrons.